The van der Waals surface area contributed by atoms with E-state index in [1.807, 2.05) is 26.0 Å². The molecule has 0 atom stereocenters. The number of anilines is 1. The van der Waals surface area contributed by atoms with Gasteiger partial charge in [0.05, 0.1) is 10.7 Å². The molecular formula is C16H22N6OS2. The topological polar surface area (TPSA) is 89.9 Å². The SMILES string of the molecule is CCC(=S)NN=C(C)C(=NNC(=S)NC)c1ccc(NC(C)=O)cc1. The van der Waals surface area contributed by atoms with E-state index < -0.39 is 0 Å². The lowest BCUT2D eigenvalue weighted by atomic mass is 10.1. The molecule has 0 unspecified atom stereocenters. The van der Waals surface area contributed by atoms with E-state index >= 15 is 0 Å². The first-order valence-electron chi connectivity index (χ1n) is 7.64. The molecule has 0 spiro atoms. The lowest BCUT2D eigenvalue weighted by Crippen LogP contribution is -2.31. The molecule has 0 bridgehead atoms. The summed E-state index contributed by atoms with van der Waals surface area (Å²) in [6, 6.07) is 7.26. The second-order valence-electron chi connectivity index (χ2n) is 5.00. The highest BCUT2D eigenvalue weighted by Crippen LogP contribution is 2.11. The van der Waals surface area contributed by atoms with Gasteiger partial charge in [0.15, 0.2) is 5.11 Å². The minimum Gasteiger partial charge on any atom is -0.364 e. The smallest absolute Gasteiger partial charge is 0.221 e. The van der Waals surface area contributed by atoms with Crippen molar-refractivity contribution in [1.82, 2.24) is 16.2 Å². The molecule has 7 nitrogen and oxygen atoms in total. The highest BCUT2D eigenvalue weighted by atomic mass is 32.1. The largest absolute Gasteiger partial charge is 0.364 e. The standard InChI is InChI=1S/C16H22N6OS2/c1-5-14(24)20-19-10(2)15(21-22-16(25)17-4)12-6-8-13(9-7-12)18-11(3)23/h6-9H,5H2,1-4H3,(H,18,23)(H,20,24)(H2,17,22,25). The van der Waals surface area contributed by atoms with Crippen molar-refractivity contribution >= 4 is 57.6 Å². The van der Waals surface area contributed by atoms with Crippen LogP contribution in [0.2, 0.25) is 0 Å². The molecule has 9 heteroatoms. The van der Waals surface area contributed by atoms with E-state index in [1.165, 1.54) is 6.92 Å². The second-order valence-corrected chi connectivity index (χ2v) is 5.90. The number of hydrogen-bond donors (Lipinski definition) is 4. The Labute approximate surface area is 158 Å². The first-order chi connectivity index (χ1) is 11.9. The normalized spacial score (nSPS) is 11.5. The summed E-state index contributed by atoms with van der Waals surface area (Å²) >= 11 is 10.2. The Morgan fingerprint density at radius 2 is 1.72 bits per heavy atom. The van der Waals surface area contributed by atoms with E-state index in [-0.39, 0.29) is 5.91 Å². The van der Waals surface area contributed by atoms with E-state index in [0.717, 1.165) is 5.56 Å². The number of carbonyl (C=O) groups is 1. The third-order valence-electron chi connectivity index (χ3n) is 2.99. The summed E-state index contributed by atoms with van der Waals surface area (Å²) in [6.07, 6.45) is 0.700. The third-order valence-corrected chi connectivity index (χ3v) is 3.66. The van der Waals surface area contributed by atoms with E-state index in [1.54, 1.807) is 19.2 Å². The number of rotatable bonds is 6. The summed E-state index contributed by atoms with van der Waals surface area (Å²) < 4.78 is 0. The molecule has 4 N–H and O–H groups in total. The van der Waals surface area contributed by atoms with Crippen molar-refractivity contribution in [1.29, 1.82) is 0 Å². The van der Waals surface area contributed by atoms with Gasteiger partial charge >= 0.3 is 0 Å². The third kappa shape index (κ3) is 7.36. The molecule has 25 heavy (non-hydrogen) atoms. The molecule has 0 saturated carbocycles. The molecule has 0 heterocycles. The zero-order valence-electron chi connectivity index (χ0n) is 14.6. The first kappa shape index (κ1) is 20.7. The van der Waals surface area contributed by atoms with Crippen LogP contribution in [-0.4, -0.2) is 34.5 Å². The van der Waals surface area contributed by atoms with Crippen molar-refractivity contribution in [2.75, 3.05) is 12.4 Å². The maximum Gasteiger partial charge on any atom is 0.221 e. The minimum absolute atomic E-state index is 0.127. The molecule has 0 fully saturated rings. The van der Waals surface area contributed by atoms with Gasteiger partial charge in [-0.2, -0.15) is 10.2 Å². The molecule has 1 amide bonds. The van der Waals surface area contributed by atoms with Crippen molar-refractivity contribution in [3.05, 3.63) is 29.8 Å². The number of hydrazone groups is 2. The zero-order chi connectivity index (χ0) is 18.8. The number of benzene rings is 1. The molecule has 134 valence electrons. The van der Waals surface area contributed by atoms with Crippen molar-refractivity contribution in [3.8, 4) is 0 Å². The van der Waals surface area contributed by atoms with Gasteiger partial charge in [-0.25, -0.2) is 0 Å². The summed E-state index contributed by atoms with van der Waals surface area (Å²) in [5.41, 5.74) is 8.33. The van der Waals surface area contributed by atoms with Gasteiger partial charge in [-0.3, -0.25) is 15.6 Å². The summed E-state index contributed by atoms with van der Waals surface area (Å²) in [4.78, 5) is 11.8. The fourth-order valence-corrected chi connectivity index (χ4v) is 1.80. The van der Waals surface area contributed by atoms with Crippen LogP contribution in [-0.2, 0) is 4.79 Å². The highest BCUT2D eigenvalue weighted by Gasteiger charge is 2.09. The number of carbonyl (C=O) groups excluding carboxylic acids is 1. The van der Waals surface area contributed by atoms with Crippen LogP contribution in [0.25, 0.3) is 0 Å². The van der Waals surface area contributed by atoms with Crippen LogP contribution < -0.4 is 21.5 Å². The molecule has 0 aliphatic carbocycles. The molecule has 0 aliphatic heterocycles. The van der Waals surface area contributed by atoms with Crippen LogP contribution in [0, 0.1) is 0 Å². The second kappa shape index (κ2) is 10.5. The molecule has 1 aromatic carbocycles. The van der Waals surface area contributed by atoms with Crippen molar-refractivity contribution in [2.45, 2.75) is 27.2 Å². The van der Waals surface area contributed by atoms with Gasteiger partial charge in [-0.1, -0.05) is 31.3 Å². The van der Waals surface area contributed by atoms with Gasteiger partial charge < -0.3 is 10.6 Å². The Morgan fingerprint density at radius 3 is 2.24 bits per heavy atom. The Morgan fingerprint density at radius 1 is 1.08 bits per heavy atom. The van der Waals surface area contributed by atoms with E-state index in [0.29, 0.717) is 33.6 Å². The molecule has 1 rings (SSSR count). The Balaban J connectivity index is 3.11. The van der Waals surface area contributed by atoms with Crippen LogP contribution in [0.1, 0.15) is 32.8 Å². The predicted molar refractivity (Wildman–Crippen MR) is 111 cm³/mol. The fraction of sp³-hybridized carbons (Fsp3) is 0.312. The van der Waals surface area contributed by atoms with Crippen LogP contribution in [0.3, 0.4) is 0 Å². The van der Waals surface area contributed by atoms with Gasteiger partial charge in [0.2, 0.25) is 5.91 Å². The van der Waals surface area contributed by atoms with Crippen molar-refractivity contribution in [3.63, 3.8) is 0 Å². The Kier molecular flexibility index (Phi) is 8.65. The highest BCUT2D eigenvalue weighted by molar-refractivity contribution is 7.80. The van der Waals surface area contributed by atoms with E-state index in [4.69, 9.17) is 24.4 Å². The lowest BCUT2D eigenvalue weighted by Gasteiger charge is -2.10. The molecule has 0 aliphatic rings. The quantitative estimate of drug-likeness (QED) is 0.345. The molecular weight excluding hydrogens is 356 g/mol. The number of nitrogens with one attached hydrogen (secondary N) is 4. The van der Waals surface area contributed by atoms with E-state index in [2.05, 4.69) is 31.7 Å². The predicted octanol–water partition coefficient (Wildman–Crippen LogP) is 2.15. The van der Waals surface area contributed by atoms with Crippen molar-refractivity contribution < 1.29 is 4.79 Å². The van der Waals surface area contributed by atoms with Gasteiger partial charge in [0.1, 0.15) is 5.71 Å². The summed E-state index contributed by atoms with van der Waals surface area (Å²) in [7, 11) is 1.70. The van der Waals surface area contributed by atoms with Gasteiger partial charge in [0.25, 0.3) is 0 Å². The molecule has 0 radical (unpaired) electrons. The average molecular weight is 379 g/mol. The maximum absolute atomic E-state index is 11.1. The molecule has 1 aromatic rings. The Bertz CT molecular complexity index is 697. The van der Waals surface area contributed by atoms with Gasteiger partial charge in [-0.15, -0.1) is 0 Å². The average Bonchev–Trinajstić information content (AvgIpc) is 2.60. The van der Waals surface area contributed by atoms with E-state index in [9.17, 15) is 4.79 Å². The number of hydrogen-bond acceptors (Lipinski definition) is 5. The van der Waals surface area contributed by atoms with Gasteiger partial charge in [-0.05, 0) is 37.7 Å². The van der Waals surface area contributed by atoms with Crippen LogP contribution in [0.4, 0.5) is 5.69 Å². The molecule has 0 aromatic heterocycles. The minimum atomic E-state index is -0.127. The Hall–Kier alpha value is -2.39. The number of nitrogens with zero attached hydrogens (tertiary/aromatic N) is 2. The molecule has 0 saturated heterocycles. The summed E-state index contributed by atoms with van der Waals surface area (Å²) in [5.74, 6) is -0.127. The number of amides is 1. The van der Waals surface area contributed by atoms with Gasteiger partial charge in [0, 0.05) is 25.2 Å². The lowest BCUT2D eigenvalue weighted by molar-refractivity contribution is -0.114. The van der Waals surface area contributed by atoms with Crippen LogP contribution >= 0.6 is 24.4 Å². The number of thiocarbonyl (C=S) groups is 2. The fourth-order valence-electron chi connectivity index (χ4n) is 1.71. The van der Waals surface area contributed by atoms with Crippen molar-refractivity contribution in [2.24, 2.45) is 10.2 Å². The monoisotopic (exact) mass is 378 g/mol. The van der Waals surface area contributed by atoms with Crippen LogP contribution in [0.15, 0.2) is 34.5 Å². The van der Waals surface area contributed by atoms with Crippen LogP contribution in [0.5, 0.6) is 0 Å². The zero-order valence-corrected chi connectivity index (χ0v) is 16.3. The summed E-state index contributed by atoms with van der Waals surface area (Å²) in [5, 5.41) is 14.5. The maximum atomic E-state index is 11.1. The summed E-state index contributed by atoms with van der Waals surface area (Å²) in [6.45, 7) is 5.22. The first-order valence-corrected chi connectivity index (χ1v) is 8.46.